The predicted octanol–water partition coefficient (Wildman–Crippen LogP) is 0.799. The minimum absolute atomic E-state index is 0.161. The molecule has 0 spiro atoms. The molecule has 1 aliphatic carbocycles. The number of carbonyl (C=O) groups excluding carboxylic acids is 2. The minimum atomic E-state index is -0.527. The van der Waals surface area contributed by atoms with Crippen molar-refractivity contribution in [3.05, 3.63) is 43.2 Å². The number of nitrogens with one attached hydrogen (secondary N) is 1. The molecule has 4 rings (SSSR count). The molecule has 0 aliphatic heterocycles. The van der Waals surface area contributed by atoms with E-state index < -0.39 is 23.1 Å². The molecule has 0 aromatic carbocycles. The molecule has 1 amide bonds. The van der Waals surface area contributed by atoms with Gasteiger partial charge in [0.05, 0.1) is 18.5 Å². The number of amides is 1. The molecule has 0 bridgehead atoms. The Bertz CT molecular complexity index is 1300. The summed E-state index contributed by atoms with van der Waals surface area (Å²) in [5.74, 6) is -0.847. The van der Waals surface area contributed by atoms with Gasteiger partial charge in [0, 0.05) is 19.0 Å². The van der Waals surface area contributed by atoms with Crippen LogP contribution in [0.2, 0.25) is 0 Å². The van der Waals surface area contributed by atoms with Gasteiger partial charge in [-0.15, -0.1) is 11.3 Å². The van der Waals surface area contributed by atoms with Crippen molar-refractivity contribution >= 4 is 39.4 Å². The highest BCUT2D eigenvalue weighted by Gasteiger charge is 2.28. The molecule has 3 aromatic heterocycles. The van der Waals surface area contributed by atoms with E-state index in [0.717, 1.165) is 34.3 Å². The van der Waals surface area contributed by atoms with Gasteiger partial charge in [0.1, 0.15) is 11.5 Å². The molecule has 11 heteroatoms. The molecule has 0 radical (unpaired) electrons. The second-order valence-electron chi connectivity index (χ2n) is 7.08. The van der Waals surface area contributed by atoms with Crippen LogP contribution in [-0.4, -0.2) is 37.2 Å². The van der Waals surface area contributed by atoms with Gasteiger partial charge in [-0.05, 0) is 31.7 Å². The fourth-order valence-electron chi connectivity index (χ4n) is 3.75. The summed E-state index contributed by atoms with van der Waals surface area (Å²) in [7, 11) is 2.89. The monoisotopic (exact) mass is 431 g/mol. The summed E-state index contributed by atoms with van der Waals surface area (Å²) in [6, 6.07) is 0. The number of hydrogen-bond acceptors (Lipinski definition) is 7. The molecule has 1 N–H and O–H groups in total. The predicted molar refractivity (Wildman–Crippen MR) is 111 cm³/mol. The summed E-state index contributed by atoms with van der Waals surface area (Å²) < 4.78 is 8.81. The molecule has 1 aliphatic rings. The number of anilines is 1. The van der Waals surface area contributed by atoms with Gasteiger partial charge in [-0.25, -0.2) is 14.6 Å². The number of rotatable bonds is 5. The van der Waals surface area contributed by atoms with E-state index in [1.54, 1.807) is 6.92 Å². The zero-order valence-corrected chi connectivity index (χ0v) is 17.7. The van der Waals surface area contributed by atoms with Gasteiger partial charge in [-0.2, -0.15) is 0 Å². The summed E-state index contributed by atoms with van der Waals surface area (Å²) in [6.45, 7) is 1.80. The van der Waals surface area contributed by atoms with Crippen molar-refractivity contribution in [3.8, 4) is 0 Å². The highest BCUT2D eigenvalue weighted by atomic mass is 32.1. The Labute approximate surface area is 174 Å². The molecule has 0 saturated heterocycles. The Balaban J connectivity index is 1.65. The summed E-state index contributed by atoms with van der Waals surface area (Å²) >= 11 is 1.39. The smallest absolute Gasteiger partial charge is 0.341 e. The van der Waals surface area contributed by atoms with Crippen LogP contribution in [-0.2, 0) is 43.0 Å². The molecule has 30 heavy (non-hydrogen) atoms. The van der Waals surface area contributed by atoms with Crippen molar-refractivity contribution < 1.29 is 14.3 Å². The SMILES string of the molecule is CCOC(=O)c1c(NC(=O)Cn2cnc3c2c(=O)n(C)c(=O)n3C)sc2c1CCC2. The third-order valence-electron chi connectivity index (χ3n) is 5.18. The quantitative estimate of drug-likeness (QED) is 0.597. The number of fused-ring (bicyclic) bond motifs is 2. The maximum absolute atomic E-state index is 12.7. The number of thiophene rings is 1. The number of hydrogen-bond donors (Lipinski definition) is 1. The van der Waals surface area contributed by atoms with Crippen LogP contribution in [0.25, 0.3) is 11.2 Å². The number of aromatic nitrogens is 4. The van der Waals surface area contributed by atoms with Gasteiger partial charge in [0.2, 0.25) is 5.91 Å². The van der Waals surface area contributed by atoms with Crippen LogP contribution in [0.4, 0.5) is 5.00 Å². The fraction of sp³-hybridized carbons (Fsp3) is 0.421. The van der Waals surface area contributed by atoms with Crippen LogP contribution in [0, 0.1) is 0 Å². The Morgan fingerprint density at radius 1 is 1.23 bits per heavy atom. The van der Waals surface area contributed by atoms with E-state index >= 15 is 0 Å². The lowest BCUT2D eigenvalue weighted by Gasteiger charge is -2.09. The first-order chi connectivity index (χ1) is 14.3. The standard InChI is InChI=1S/C19H21N5O5S/c1-4-29-18(27)13-10-6-5-7-11(10)30-16(13)21-12(25)8-24-9-20-15-14(24)17(26)23(3)19(28)22(15)2/h9H,4-8H2,1-3H3,(H,21,25). The molecule has 0 atom stereocenters. The molecule has 0 unspecified atom stereocenters. The maximum atomic E-state index is 12.7. The first-order valence-corrected chi connectivity index (χ1v) is 10.4. The number of imidazole rings is 1. The zero-order valence-electron chi connectivity index (χ0n) is 16.9. The highest BCUT2D eigenvalue weighted by molar-refractivity contribution is 7.17. The van der Waals surface area contributed by atoms with Crippen molar-refractivity contribution in [3.63, 3.8) is 0 Å². The van der Waals surface area contributed by atoms with Crippen molar-refractivity contribution in [1.29, 1.82) is 0 Å². The van der Waals surface area contributed by atoms with Gasteiger partial charge in [0.25, 0.3) is 5.56 Å². The molecule has 158 valence electrons. The summed E-state index contributed by atoms with van der Waals surface area (Å²) in [5.41, 5.74) is 0.726. The summed E-state index contributed by atoms with van der Waals surface area (Å²) in [5, 5.41) is 3.26. The average molecular weight is 431 g/mol. The van der Waals surface area contributed by atoms with Gasteiger partial charge >= 0.3 is 11.7 Å². The lowest BCUT2D eigenvalue weighted by Crippen LogP contribution is -2.37. The molecule has 3 heterocycles. The second-order valence-corrected chi connectivity index (χ2v) is 8.19. The van der Waals surface area contributed by atoms with E-state index in [1.165, 1.54) is 40.9 Å². The lowest BCUT2D eigenvalue weighted by atomic mass is 10.1. The topological polar surface area (TPSA) is 117 Å². The number of ether oxygens (including phenoxy) is 1. The highest BCUT2D eigenvalue weighted by Crippen LogP contribution is 2.39. The Morgan fingerprint density at radius 2 is 2.00 bits per heavy atom. The van der Waals surface area contributed by atoms with Crippen LogP contribution in [0.1, 0.15) is 34.1 Å². The van der Waals surface area contributed by atoms with Crippen molar-refractivity contribution in [1.82, 2.24) is 18.7 Å². The third-order valence-corrected chi connectivity index (χ3v) is 6.39. The van der Waals surface area contributed by atoms with Gasteiger partial charge in [0.15, 0.2) is 11.2 Å². The Morgan fingerprint density at radius 3 is 2.73 bits per heavy atom. The van der Waals surface area contributed by atoms with Crippen LogP contribution in [0.5, 0.6) is 0 Å². The van der Waals surface area contributed by atoms with Crippen LogP contribution < -0.4 is 16.6 Å². The van der Waals surface area contributed by atoms with E-state index in [2.05, 4.69) is 10.3 Å². The first-order valence-electron chi connectivity index (χ1n) is 9.55. The van der Waals surface area contributed by atoms with E-state index in [-0.39, 0.29) is 24.3 Å². The number of nitrogens with zero attached hydrogens (tertiary/aromatic N) is 4. The first kappa shape index (κ1) is 20.1. The summed E-state index contributed by atoms with van der Waals surface area (Å²) in [6.07, 6.45) is 3.99. The second kappa shape index (κ2) is 7.56. The number of aryl methyl sites for hydroxylation is 2. The van der Waals surface area contributed by atoms with Crippen LogP contribution in [0.3, 0.4) is 0 Å². The van der Waals surface area contributed by atoms with Crippen molar-refractivity contribution in [2.45, 2.75) is 32.7 Å². The summed E-state index contributed by atoms with van der Waals surface area (Å²) in [4.78, 5) is 55.0. The van der Waals surface area contributed by atoms with Gasteiger partial charge in [-0.3, -0.25) is 18.7 Å². The average Bonchev–Trinajstić information content (AvgIpc) is 3.39. The van der Waals surface area contributed by atoms with E-state index in [1.807, 2.05) is 0 Å². The van der Waals surface area contributed by atoms with E-state index in [0.29, 0.717) is 10.6 Å². The molecule has 10 nitrogen and oxygen atoms in total. The lowest BCUT2D eigenvalue weighted by molar-refractivity contribution is -0.116. The largest absolute Gasteiger partial charge is 0.462 e. The molecule has 0 saturated carbocycles. The third kappa shape index (κ3) is 3.15. The molecular weight excluding hydrogens is 410 g/mol. The van der Waals surface area contributed by atoms with Gasteiger partial charge in [-0.1, -0.05) is 0 Å². The van der Waals surface area contributed by atoms with Crippen LogP contribution in [0.15, 0.2) is 15.9 Å². The molecule has 3 aromatic rings. The maximum Gasteiger partial charge on any atom is 0.341 e. The van der Waals surface area contributed by atoms with Crippen molar-refractivity contribution in [2.75, 3.05) is 11.9 Å². The Kier molecular flexibility index (Phi) is 5.06. The van der Waals surface area contributed by atoms with Gasteiger partial charge < -0.3 is 14.6 Å². The number of carbonyl (C=O) groups is 2. The normalized spacial score (nSPS) is 12.9. The van der Waals surface area contributed by atoms with Crippen LogP contribution >= 0.6 is 11.3 Å². The fourth-order valence-corrected chi connectivity index (χ4v) is 5.04. The minimum Gasteiger partial charge on any atom is -0.462 e. The molecular formula is C19H21N5O5S. The van der Waals surface area contributed by atoms with Crippen molar-refractivity contribution in [2.24, 2.45) is 14.1 Å². The molecule has 0 fully saturated rings. The van der Waals surface area contributed by atoms with E-state index in [9.17, 15) is 19.2 Å². The van der Waals surface area contributed by atoms with E-state index in [4.69, 9.17) is 4.74 Å². The Hall–Kier alpha value is -3.21. The zero-order chi connectivity index (χ0) is 21.6. The number of esters is 1.